The molecule has 0 aliphatic rings. The number of halogens is 1. The lowest BCUT2D eigenvalue weighted by Gasteiger charge is -2.06. The zero-order chi connectivity index (χ0) is 11.7. The number of rotatable bonds is 3. The zero-order valence-corrected chi connectivity index (χ0v) is 10.7. The van der Waals surface area contributed by atoms with Gasteiger partial charge in [0.25, 0.3) is 0 Å². The minimum Gasteiger partial charge on any atom is -0.504 e. The molecule has 5 heteroatoms. The van der Waals surface area contributed by atoms with Crippen molar-refractivity contribution in [2.24, 2.45) is 5.73 Å². The average Bonchev–Trinajstić information content (AvgIpc) is 2.59. The number of nitrogens with one attached hydrogen (secondary N) is 1. The Kier molecular flexibility index (Phi) is 4.26. The smallest absolute Gasteiger partial charge is 0.161 e. The summed E-state index contributed by atoms with van der Waals surface area (Å²) in [5, 5.41) is 10.7. The summed E-state index contributed by atoms with van der Waals surface area (Å²) in [6, 6.07) is 3.61. The Hall–Kier alpha value is -1.39. The second-order valence-corrected chi connectivity index (χ2v) is 4.06. The Labute approximate surface area is 106 Å². The number of hydrogen-bond acceptors (Lipinski definition) is 3. The van der Waals surface area contributed by atoms with Gasteiger partial charge in [-0.05, 0) is 25.0 Å². The second kappa shape index (κ2) is 5.29. The lowest BCUT2D eigenvalue weighted by Crippen LogP contribution is -2.17. The van der Waals surface area contributed by atoms with Crippen molar-refractivity contribution in [3.63, 3.8) is 0 Å². The van der Waals surface area contributed by atoms with Crippen molar-refractivity contribution >= 4 is 23.3 Å². The summed E-state index contributed by atoms with van der Waals surface area (Å²) < 4.78 is 5.09. The van der Waals surface area contributed by atoms with Crippen LogP contribution in [0.4, 0.5) is 0 Å². The van der Waals surface area contributed by atoms with Gasteiger partial charge in [0.05, 0.1) is 7.11 Å². The highest BCUT2D eigenvalue weighted by molar-refractivity contribution is 5.86. The Balaban J connectivity index is 0.00000144. The normalized spacial score (nSPS) is 12.2. The number of H-pyrrole nitrogens is 1. The lowest BCUT2D eigenvalue weighted by atomic mass is 10.1. The van der Waals surface area contributed by atoms with Gasteiger partial charge in [0.2, 0.25) is 0 Å². The first-order valence-corrected chi connectivity index (χ1v) is 5.24. The highest BCUT2D eigenvalue weighted by Crippen LogP contribution is 2.32. The SMILES string of the molecule is COc1cc2c(CC(C)N)c[nH]c2cc1O.Cl. The van der Waals surface area contributed by atoms with Crippen molar-refractivity contribution < 1.29 is 9.84 Å². The first-order valence-electron chi connectivity index (χ1n) is 5.24. The molecule has 94 valence electrons. The predicted molar refractivity (Wildman–Crippen MR) is 71.1 cm³/mol. The van der Waals surface area contributed by atoms with Crippen LogP contribution >= 0.6 is 12.4 Å². The maximum Gasteiger partial charge on any atom is 0.161 e. The summed E-state index contributed by atoms with van der Waals surface area (Å²) >= 11 is 0. The van der Waals surface area contributed by atoms with Crippen molar-refractivity contribution in [1.29, 1.82) is 0 Å². The van der Waals surface area contributed by atoms with E-state index in [-0.39, 0.29) is 24.2 Å². The second-order valence-electron chi connectivity index (χ2n) is 4.06. The van der Waals surface area contributed by atoms with E-state index in [1.54, 1.807) is 13.2 Å². The Morgan fingerprint density at radius 3 is 2.76 bits per heavy atom. The monoisotopic (exact) mass is 256 g/mol. The van der Waals surface area contributed by atoms with E-state index in [0.717, 1.165) is 22.9 Å². The average molecular weight is 257 g/mol. The first-order chi connectivity index (χ1) is 7.61. The number of ether oxygens (including phenoxy) is 1. The third-order valence-electron chi connectivity index (χ3n) is 2.61. The van der Waals surface area contributed by atoms with Crippen LogP contribution in [0.25, 0.3) is 10.9 Å². The molecule has 0 amide bonds. The largest absolute Gasteiger partial charge is 0.504 e. The van der Waals surface area contributed by atoms with E-state index in [2.05, 4.69) is 4.98 Å². The van der Waals surface area contributed by atoms with Crippen molar-refractivity contribution in [3.8, 4) is 11.5 Å². The third kappa shape index (κ3) is 2.65. The molecule has 1 aromatic carbocycles. The van der Waals surface area contributed by atoms with Crippen LogP contribution in [0.2, 0.25) is 0 Å². The van der Waals surface area contributed by atoms with Gasteiger partial charge in [-0.15, -0.1) is 12.4 Å². The van der Waals surface area contributed by atoms with Crippen molar-refractivity contribution in [3.05, 3.63) is 23.9 Å². The number of benzene rings is 1. The van der Waals surface area contributed by atoms with E-state index < -0.39 is 0 Å². The van der Waals surface area contributed by atoms with E-state index >= 15 is 0 Å². The van der Waals surface area contributed by atoms with Crippen molar-refractivity contribution in [1.82, 2.24) is 4.98 Å². The van der Waals surface area contributed by atoms with Crippen LogP contribution in [0.5, 0.6) is 11.5 Å². The van der Waals surface area contributed by atoms with Gasteiger partial charge in [-0.3, -0.25) is 0 Å². The number of hydrogen-bond donors (Lipinski definition) is 3. The number of phenolic OH excluding ortho intramolecular Hbond substituents is 1. The van der Waals surface area contributed by atoms with Crippen LogP contribution in [0.3, 0.4) is 0 Å². The zero-order valence-electron chi connectivity index (χ0n) is 9.86. The topological polar surface area (TPSA) is 71.3 Å². The minimum atomic E-state index is 0. The van der Waals surface area contributed by atoms with E-state index in [9.17, 15) is 5.11 Å². The Morgan fingerprint density at radius 2 is 2.18 bits per heavy atom. The van der Waals surface area contributed by atoms with Gasteiger partial charge in [-0.1, -0.05) is 0 Å². The fourth-order valence-electron chi connectivity index (χ4n) is 1.88. The fourth-order valence-corrected chi connectivity index (χ4v) is 1.88. The predicted octanol–water partition coefficient (Wildman–Crippen LogP) is 2.19. The Morgan fingerprint density at radius 1 is 1.47 bits per heavy atom. The van der Waals surface area contributed by atoms with E-state index in [4.69, 9.17) is 10.5 Å². The molecule has 0 saturated heterocycles. The molecule has 0 aliphatic carbocycles. The molecule has 4 nitrogen and oxygen atoms in total. The van der Waals surface area contributed by atoms with E-state index in [0.29, 0.717) is 5.75 Å². The summed E-state index contributed by atoms with van der Waals surface area (Å²) in [5.74, 6) is 0.627. The van der Waals surface area contributed by atoms with Gasteiger partial charge in [0.15, 0.2) is 11.5 Å². The maximum absolute atomic E-state index is 9.63. The van der Waals surface area contributed by atoms with Crippen LogP contribution in [-0.4, -0.2) is 23.2 Å². The number of aromatic nitrogens is 1. The van der Waals surface area contributed by atoms with Gasteiger partial charge >= 0.3 is 0 Å². The summed E-state index contributed by atoms with van der Waals surface area (Å²) in [6.45, 7) is 1.97. The number of phenols is 1. The highest BCUT2D eigenvalue weighted by atomic mass is 35.5. The molecule has 2 rings (SSSR count). The molecule has 1 atom stereocenters. The standard InChI is InChI=1S/C12H16N2O2.ClH/c1-7(13)3-8-6-14-10-5-11(15)12(16-2)4-9(8)10;/h4-7,14-15H,3,13H2,1-2H3;1H. The maximum atomic E-state index is 9.63. The summed E-state index contributed by atoms with van der Waals surface area (Å²) in [5.41, 5.74) is 7.82. The molecule has 0 aliphatic heterocycles. The summed E-state index contributed by atoms with van der Waals surface area (Å²) in [6.07, 6.45) is 2.72. The van der Waals surface area contributed by atoms with Gasteiger partial charge in [0, 0.05) is 29.2 Å². The minimum absolute atomic E-state index is 0. The van der Waals surface area contributed by atoms with Gasteiger partial charge < -0.3 is 20.6 Å². The van der Waals surface area contributed by atoms with Crippen LogP contribution in [0.1, 0.15) is 12.5 Å². The van der Waals surface area contributed by atoms with Crippen LogP contribution in [0.15, 0.2) is 18.3 Å². The number of nitrogens with two attached hydrogens (primary N) is 1. The molecular formula is C12H17ClN2O2. The van der Waals surface area contributed by atoms with Crippen molar-refractivity contribution in [2.45, 2.75) is 19.4 Å². The van der Waals surface area contributed by atoms with Crippen LogP contribution in [0, 0.1) is 0 Å². The summed E-state index contributed by atoms with van der Waals surface area (Å²) in [4.78, 5) is 3.11. The van der Waals surface area contributed by atoms with Crippen molar-refractivity contribution in [2.75, 3.05) is 7.11 Å². The summed E-state index contributed by atoms with van der Waals surface area (Å²) in [7, 11) is 1.54. The third-order valence-corrected chi connectivity index (χ3v) is 2.61. The highest BCUT2D eigenvalue weighted by Gasteiger charge is 2.10. The number of fused-ring (bicyclic) bond motifs is 1. The van der Waals surface area contributed by atoms with E-state index in [1.807, 2.05) is 19.2 Å². The van der Waals surface area contributed by atoms with E-state index in [1.165, 1.54) is 0 Å². The molecule has 0 spiro atoms. The molecule has 0 saturated carbocycles. The number of methoxy groups -OCH3 is 1. The fraction of sp³-hybridized carbons (Fsp3) is 0.333. The number of aromatic amines is 1. The lowest BCUT2D eigenvalue weighted by molar-refractivity contribution is 0.374. The molecule has 4 N–H and O–H groups in total. The van der Waals surface area contributed by atoms with Gasteiger partial charge in [-0.2, -0.15) is 0 Å². The molecule has 17 heavy (non-hydrogen) atoms. The van der Waals surface area contributed by atoms with Crippen LogP contribution in [-0.2, 0) is 6.42 Å². The molecule has 2 aromatic rings. The van der Waals surface area contributed by atoms with Gasteiger partial charge in [0.1, 0.15) is 0 Å². The Bertz CT molecular complexity index is 508. The molecular weight excluding hydrogens is 240 g/mol. The van der Waals surface area contributed by atoms with Gasteiger partial charge in [-0.25, -0.2) is 0 Å². The first kappa shape index (κ1) is 13.7. The molecule has 1 heterocycles. The molecule has 0 fully saturated rings. The number of aromatic hydroxyl groups is 1. The molecule has 1 unspecified atom stereocenters. The molecule has 0 radical (unpaired) electrons. The molecule has 1 aromatic heterocycles. The molecule has 0 bridgehead atoms. The van der Waals surface area contributed by atoms with Crippen LogP contribution < -0.4 is 10.5 Å². The quantitative estimate of drug-likeness (QED) is 0.788.